The molecule has 0 bridgehead atoms. The van der Waals surface area contributed by atoms with Gasteiger partial charge >= 0.3 is 0 Å². The number of amides is 1. The van der Waals surface area contributed by atoms with Gasteiger partial charge in [-0.25, -0.2) is 0 Å². The van der Waals surface area contributed by atoms with E-state index in [2.05, 4.69) is 10.6 Å². The van der Waals surface area contributed by atoms with Crippen molar-refractivity contribution in [1.29, 1.82) is 0 Å². The highest BCUT2D eigenvalue weighted by Crippen LogP contribution is 2.27. The van der Waals surface area contributed by atoms with Gasteiger partial charge in [0, 0.05) is 19.0 Å². The van der Waals surface area contributed by atoms with E-state index in [1.54, 1.807) is 0 Å². The molecule has 1 saturated heterocycles. The minimum atomic E-state index is 0.263. The standard InChI is InChI=1S/C13H24N2O/c16-13(9-11-5-1-2-6-11)15-10-12-7-3-4-8-14-12/h11-12,14H,1-10H2,(H,15,16). The van der Waals surface area contributed by atoms with Gasteiger partial charge in [-0.1, -0.05) is 19.3 Å². The summed E-state index contributed by atoms with van der Waals surface area (Å²) in [6.45, 7) is 1.94. The van der Waals surface area contributed by atoms with Crippen LogP contribution in [0.2, 0.25) is 0 Å². The molecule has 1 heterocycles. The van der Waals surface area contributed by atoms with Gasteiger partial charge in [-0.3, -0.25) is 4.79 Å². The summed E-state index contributed by atoms with van der Waals surface area (Å²) >= 11 is 0. The van der Waals surface area contributed by atoms with Crippen molar-refractivity contribution >= 4 is 5.91 Å². The van der Waals surface area contributed by atoms with Gasteiger partial charge in [0.2, 0.25) is 5.91 Å². The van der Waals surface area contributed by atoms with Crippen LogP contribution in [0.25, 0.3) is 0 Å². The Morgan fingerprint density at radius 2 is 1.88 bits per heavy atom. The lowest BCUT2D eigenvalue weighted by Gasteiger charge is -2.23. The van der Waals surface area contributed by atoms with Crippen LogP contribution in [0.4, 0.5) is 0 Å². The smallest absolute Gasteiger partial charge is 0.220 e. The monoisotopic (exact) mass is 224 g/mol. The fourth-order valence-corrected chi connectivity index (χ4v) is 2.88. The molecule has 1 saturated carbocycles. The summed E-state index contributed by atoms with van der Waals surface area (Å²) in [6.07, 6.45) is 9.72. The molecule has 16 heavy (non-hydrogen) atoms. The normalized spacial score (nSPS) is 26.9. The second-order valence-corrected chi connectivity index (χ2v) is 5.31. The number of carbonyl (C=O) groups is 1. The van der Waals surface area contributed by atoms with Crippen LogP contribution in [0, 0.1) is 5.92 Å². The van der Waals surface area contributed by atoms with Gasteiger partial charge in [-0.05, 0) is 38.1 Å². The van der Waals surface area contributed by atoms with Crippen molar-refractivity contribution in [1.82, 2.24) is 10.6 Å². The van der Waals surface area contributed by atoms with Crippen LogP contribution in [-0.4, -0.2) is 25.0 Å². The highest BCUT2D eigenvalue weighted by atomic mass is 16.1. The zero-order chi connectivity index (χ0) is 11.2. The van der Waals surface area contributed by atoms with E-state index in [1.165, 1.54) is 44.9 Å². The van der Waals surface area contributed by atoms with Crippen LogP contribution in [0.1, 0.15) is 51.4 Å². The van der Waals surface area contributed by atoms with Crippen molar-refractivity contribution < 1.29 is 4.79 Å². The Bertz CT molecular complexity index is 218. The van der Waals surface area contributed by atoms with E-state index in [4.69, 9.17) is 0 Å². The third-order valence-electron chi connectivity index (χ3n) is 3.91. The van der Waals surface area contributed by atoms with Gasteiger partial charge in [0.25, 0.3) is 0 Å². The van der Waals surface area contributed by atoms with E-state index in [9.17, 15) is 4.79 Å². The van der Waals surface area contributed by atoms with Gasteiger partial charge in [0.05, 0.1) is 0 Å². The molecule has 1 aliphatic carbocycles. The van der Waals surface area contributed by atoms with Gasteiger partial charge in [0.15, 0.2) is 0 Å². The average molecular weight is 224 g/mol. The Morgan fingerprint density at radius 3 is 2.56 bits per heavy atom. The molecular formula is C13H24N2O. The predicted octanol–water partition coefficient (Wildman–Crippen LogP) is 1.82. The number of carbonyl (C=O) groups excluding carboxylic acids is 1. The average Bonchev–Trinajstić information content (AvgIpc) is 2.81. The molecule has 2 N–H and O–H groups in total. The zero-order valence-electron chi connectivity index (χ0n) is 10.1. The molecule has 0 radical (unpaired) electrons. The van der Waals surface area contributed by atoms with Crippen LogP contribution in [0.3, 0.4) is 0 Å². The summed E-state index contributed by atoms with van der Waals surface area (Å²) < 4.78 is 0. The highest BCUT2D eigenvalue weighted by Gasteiger charge is 2.19. The van der Waals surface area contributed by atoms with Crippen molar-refractivity contribution in [3.05, 3.63) is 0 Å². The van der Waals surface area contributed by atoms with Gasteiger partial charge in [-0.2, -0.15) is 0 Å². The Labute approximate surface area is 98.4 Å². The van der Waals surface area contributed by atoms with Crippen molar-refractivity contribution in [3.63, 3.8) is 0 Å². The van der Waals surface area contributed by atoms with Gasteiger partial charge < -0.3 is 10.6 Å². The first kappa shape index (κ1) is 11.9. The summed E-state index contributed by atoms with van der Waals surface area (Å²) in [7, 11) is 0. The zero-order valence-corrected chi connectivity index (χ0v) is 10.1. The first-order chi connectivity index (χ1) is 7.84. The summed E-state index contributed by atoms with van der Waals surface area (Å²) in [6, 6.07) is 0.515. The minimum absolute atomic E-state index is 0.263. The Morgan fingerprint density at radius 1 is 1.12 bits per heavy atom. The summed E-state index contributed by atoms with van der Waals surface area (Å²) in [5.74, 6) is 0.929. The molecule has 1 atom stereocenters. The van der Waals surface area contributed by atoms with Gasteiger partial charge in [0.1, 0.15) is 0 Å². The van der Waals surface area contributed by atoms with Crippen molar-refractivity contribution in [3.8, 4) is 0 Å². The molecular weight excluding hydrogens is 200 g/mol. The number of nitrogens with one attached hydrogen (secondary N) is 2. The highest BCUT2D eigenvalue weighted by molar-refractivity contribution is 5.76. The molecule has 3 nitrogen and oxygen atoms in total. The van der Waals surface area contributed by atoms with Crippen LogP contribution >= 0.6 is 0 Å². The van der Waals surface area contributed by atoms with E-state index in [0.717, 1.165) is 19.5 Å². The Hall–Kier alpha value is -0.570. The first-order valence-corrected chi connectivity index (χ1v) is 6.84. The molecule has 92 valence electrons. The molecule has 0 aromatic heterocycles. The molecule has 0 aromatic rings. The van der Waals surface area contributed by atoms with Crippen LogP contribution in [0.15, 0.2) is 0 Å². The second-order valence-electron chi connectivity index (χ2n) is 5.31. The van der Waals surface area contributed by atoms with E-state index in [0.29, 0.717) is 12.0 Å². The molecule has 1 unspecified atom stereocenters. The van der Waals surface area contributed by atoms with Crippen molar-refractivity contribution in [2.75, 3.05) is 13.1 Å². The molecule has 2 fully saturated rings. The fourth-order valence-electron chi connectivity index (χ4n) is 2.88. The molecule has 1 aliphatic heterocycles. The lowest BCUT2D eigenvalue weighted by Crippen LogP contribution is -2.43. The van der Waals surface area contributed by atoms with E-state index in [1.807, 2.05) is 0 Å². The van der Waals surface area contributed by atoms with Crippen molar-refractivity contribution in [2.24, 2.45) is 5.92 Å². The summed E-state index contributed by atoms with van der Waals surface area (Å²) in [5, 5.41) is 6.53. The van der Waals surface area contributed by atoms with Gasteiger partial charge in [-0.15, -0.1) is 0 Å². The lowest BCUT2D eigenvalue weighted by atomic mass is 10.0. The number of piperidine rings is 1. The van der Waals surface area contributed by atoms with Crippen LogP contribution < -0.4 is 10.6 Å². The maximum Gasteiger partial charge on any atom is 0.220 e. The largest absolute Gasteiger partial charge is 0.355 e. The third-order valence-corrected chi connectivity index (χ3v) is 3.91. The van der Waals surface area contributed by atoms with E-state index in [-0.39, 0.29) is 5.91 Å². The second kappa shape index (κ2) is 6.24. The van der Waals surface area contributed by atoms with Crippen LogP contribution in [-0.2, 0) is 4.79 Å². The minimum Gasteiger partial charge on any atom is -0.355 e. The Kier molecular flexibility index (Phi) is 4.64. The maximum atomic E-state index is 11.7. The molecule has 3 heteroatoms. The fraction of sp³-hybridized carbons (Fsp3) is 0.923. The number of hydrogen-bond acceptors (Lipinski definition) is 2. The molecule has 1 amide bonds. The molecule has 0 spiro atoms. The summed E-state index contributed by atoms with van der Waals surface area (Å²) in [5.41, 5.74) is 0. The maximum absolute atomic E-state index is 11.7. The quantitative estimate of drug-likeness (QED) is 0.765. The van der Waals surface area contributed by atoms with E-state index >= 15 is 0 Å². The SMILES string of the molecule is O=C(CC1CCCC1)NCC1CCCCN1. The predicted molar refractivity (Wildman–Crippen MR) is 65.2 cm³/mol. The molecule has 0 aromatic carbocycles. The molecule has 2 rings (SSSR count). The molecule has 2 aliphatic rings. The summed E-state index contributed by atoms with van der Waals surface area (Å²) in [4.78, 5) is 11.7. The van der Waals surface area contributed by atoms with Crippen LogP contribution in [0.5, 0.6) is 0 Å². The van der Waals surface area contributed by atoms with Crippen molar-refractivity contribution in [2.45, 2.75) is 57.4 Å². The number of rotatable bonds is 4. The first-order valence-electron chi connectivity index (χ1n) is 6.84. The lowest BCUT2D eigenvalue weighted by molar-refractivity contribution is -0.122. The third kappa shape index (κ3) is 3.78. The topological polar surface area (TPSA) is 41.1 Å². The number of hydrogen-bond donors (Lipinski definition) is 2. The Balaban J connectivity index is 1.59. The van der Waals surface area contributed by atoms with E-state index < -0.39 is 0 Å².